The van der Waals surface area contributed by atoms with E-state index in [0.717, 1.165) is 65.9 Å². The van der Waals surface area contributed by atoms with E-state index in [2.05, 4.69) is 72.7 Å². The maximum absolute atomic E-state index is 14.0. The molecule has 0 saturated carbocycles. The minimum atomic E-state index is -0.00937. The molecule has 3 heterocycles. The van der Waals surface area contributed by atoms with Crippen LogP contribution in [-0.4, -0.2) is 34.7 Å². The Morgan fingerprint density at radius 3 is 2.42 bits per heavy atom. The second-order valence-electron chi connectivity index (χ2n) is 10.5. The van der Waals surface area contributed by atoms with E-state index in [1.54, 1.807) is 0 Å². The third-order valence-corrected chi connectivity index (χ3v) is 7.35. The maximum Gasteiger partial charge on any atom is 0.333 e. The Hall–Kier alpha value is -4.33. The number of tetrazole rings is 1. The maximum atomic E-state index is 14.0. The standard InChI is InChI=1S/C32H37N7O/c1-5-7-13-26-21-39(30-23(11-6-2)12-10-16-27(30)22(3)4)32(40)38(26)20-25-18-17-24(19-33-25)28-14-8-9-15-29(28)31-34-36-37-35-31/h8-10,12,14-19,21-22H,5-7,11,13,20H2,1-4H3,(H,34,35,36,37). The van der Waals surface area contributed by atoms with Gasteiger partial charge in [-0.05, 0) is 53.2 Å². The SMILES string of the molecule is CCCCc1cn(-c2c(CCC)cccc2C(C)C)c(=O)n1Cc1ccc(-c2ccccc2-c2nn[nH]n2)cn1. The number of H-pyrrole nitrogens is 1. The predicted molar refractivity (Wildman–Crippen MR) is 159 cm³/mol. The zero-order valence-electron chi connectivity index (χ0n) is 23.8. The summed E-state index contributed by atoms with van der Waals surface area (Å²) in [4.78, 5) is 18.8. The largest absolute Gasteiger partial charge is 0.333 e. The van der Waals surface area contributed by atoms with Gasteiger partial charge < -0.3 is 0 Å². The van der Waals surface area contributed by atoms with Gasteiger partial charge in [-0.15, -0.1) is 10.2 Å². The highest BCUT2D eigenvalue weighted by Crippen LogP contribution is 2.30. The number of hydrogen-bond acceptors (Lipinski definition) is 5. The average Bonchev–Trinajstić information content (AvgIpc) is 3.61. The molecule has 0 aliphatic heterocycles. The van der Waals surface area contributed by atoms with Crippen LogP contribution >= 0.6 is 0 Å². The van der Waals surface area contributed by atoms with E-state index in [4.69, 9.17) is 4.98 Å². The lowest BCUT2D eigenvalue weighted by molar-refractivity contribution is 0.663. The second-order valence-corrected chi connectivity index (χ2v) is 10.5. The Morgan fingerprint density at radius 1 is 0.925 bits per heavy atom. The molecule has 0 aliphatic carbocycles. The van der Waals surface area contributed by atoms with E-state index in [0.29, 0.717) is 18.3 Å². The van der Waals surface area contributed by atoms with Crippen molar-refractivity contribution in [3.8, 4) is 28.2 Å². The molecule has 0 aliphatic rings. The molecule has 0 atom stereocenters. The van der Waals surface area contributed by atoms with Crippen LogP contribution in [0.2, 0.25) is 0 Å². The number of benzene rings is 2. The number of aromatic nitrogens is 7. The van der Waals surface area contributed by atoms with Gasteiger partial charge in [-0.3, -0.25) is 14.1 Å². The molecule has 0 spiro atoms. The van der Waals surface area contributed by atoms with Crippen LogP contribution in [-0.2, 0) is 19.4 Å². The summed E-state index contributed by atoms with van der Waals surface area (Å²) >= 11 is 0. The van der Waals surface area contributed by atoms with Gasteiger partial charge in [0.2, 0.25) is 5.82 Å². The number of imidazole rings is 1. The van der Waals surface area contributed by atoms with Crippen LogP contribution in [0.3, 0.4) is 0 Å². The molecule has 2 aromatic carbocycles. The fourth-order valence-corrected chi connectivity index (χ4v) is 5.30. The Balaban J connectivity index is 1.52. The summed E-state index contributed by atoms with van der Waals surface area (Å²) in [5, 5.41) is 14.5. The summed E-state index contributed by atoms with van der Waals surface area (Å²) in [6.45, 7) is 9.17. The van der Waals surface area contributed by atoms with Crippen molar-refractivity contribution in [1.82, 2.24) is 34.7 Å². The highest BCUT2D eigenvalue weighted by molar-refractivity contribution is 5.79. The number of hydrogen-bond donors (Lipinski definition) is 1. The summed E-state index contributed by atoms with van der Waals surface area (Å²) in [5.74, 6) is 0.850. The molecular formula is C32H37N7O. The van der Waals surface area contributed by atoms with Crippen LogP contribution in [0.15, 0.2) is 71.8 Å². The number of nitrogens with zero attached hydrogens (tertiary/aromatic N) is 6. The van der Waals surface area contributed by atoms with E-state index >= 15 is 0 Å². The molecule has 0 bridgehead atoms. The second kappa shape index (κ2) is 12.2. The highest BCUT2D eigenvalue weighted by atomic mass is 16.1. The Kier molecular flexibility index (Phi) is 8.34. The highest BCUT2D eigenvalue weighted by Gasteiger charge is 2.19. The van der Waals surface area contributed by atoms with Gasteiger partial charge in [-0.2, -0.15) is 5.21 Å². The van der Waals surface area contributed by atoms with Crippen molar-refractivity contribution >= 4 is 0 Å². The Labute approximate surface area is 235 Å². The molecule has 0 radical (unpaired) electrons. The molecule has 5 aromatic rings. The normalized spacial score (nSPS) is 11.4. The first-order valence-corrected chi connectivity index (χ1v) is 14.2. The van der Waals surface area contributed by atoms with Gasteiger partial charge >= 0.3 is 5.69 Å². The molecule has 8 heteroatoms. The van der Waals surface area contributed by atoms with E-state index in [-0.39, 0.29) is 5.69 Å². The minimum absolute atomic E-state index is 0.00937. The van der Waals surface area contributed by atoms with Crippen molar-refractivity contribution < 1.29 is 0 Å². The van der Waals surface area contributed by atoms with Crippen molar-refractivity contribution in [3.63, 3.8) is 0 Å². The molecular weight excluding hydrogens is 498 g/mol. The van der Waals surface area contributed by atoms with Gasteiger partial charge in [-0.25, -0.2) is 4.79 Å². The molecule has 8 nitrogen and oxygen atoms in total. The molecule has 0 unspecified atom stereocenters. The van der Waals surface area contributed by atoms with Crippen molar-refractivity contribution in [3.05, 3.63) is 100.0 Å². The van der Waals surface area contributed by atoms with Crippen molar-refractivity contribution in [2.75, 3.05) is 0 Å². The lowest BCUT2D eigenvalue weighted by Crippen LogP contribution is -2.26. The zero-order chi connectivity index (χ0) is 28.1. The first kappa shape index (κ1) is 27.2. The minimum Gasteiger partial charge on any atom is -0.290 e. The number of pyridine rings is 1. The summed E-state index contributed by atoms with van der Waals surface area (Å²) in [7, 11) is 0. The number of unbranched alkanes of at least 4 members (excludes halogenated alkanes) is 1. The number of rotatable bonds is 11. The fraction of sp³-hybridized carbons (Fsp3) is 0.344. The molecule has 3 aromatic heterocycles. The number of nitrogens with one attached hydrogen (secondary N) is 1. The van der Waals surface area contributed by atoms with E-state index in [1.807, 2.05) is 51.7 Å². The summed E-state index contributed by atoms with van der Waals surface area (Å²) in [5.41, 5.74) is 8.15. The van der Waals surface area contributed by atoms with Gasteiger partial charge in [0.15, 0.2) is 0 Å². The lowest BCUT2D eigenvalue weighted by Gasteiger charge is -2.17. The van der Waals surface area contributed by atoms with Crippen molar-refractivity contribution in [2.45, 2.75) is 72.3 Å². The smallest absolute Gasteiger partial charge is 0.290 e. The number of aromatic amines is 1. The van der Waals surface area contributed by atoms with Gasteiger partial charge in [0, 0.05) is 29.2 Å². The summed E-state index contributed by atoms with van der Waals surface area (Å²) in [6, 6.07) is 18.4. The lowest BCUT2D eigenvalue weighted by atomic mass is 9.95. The summed E-state index contributed by atoms with van der Waals surface area (Å²) in [6.07, 6.45) is 8.82. The molecule has 1 N–H and O–H groups in total. The van der Waals surface area contributed by atoms with Crippen LogP contribution < -0.4 is 5.69 Å². The van der Waals surface area contributed by atoms with Crippen molar-refractivity contribution in [2.24, 2.45) is 0 Å². The van der Waals surface area contributed by atoms with Crippen LogP contribution in [0.25, 0.3) is 28.2 Å². The molecule has 0 saturated heterocycles. The quantitative estimate of drug-likeness (QED) is 0.213. The van der Waals surface area contributed by atoms with Crippen LogP contribution in [0.1, 0.15) is 75.4 Å². The molecule has 0 fully saturated rings. The Morgan fingerprint density at radius 2 is 1.75 bits per heavy atom. The monoisotopic (exact) mass is 535 g/mol. The molecule has 5 rings (SSSR count). The Bertz CT molecular complexity index is 1610. The van der Waals surface area contributed by atoms with Crippen molar-refractivity contribution in [1.29, 1.82) is 0 Å². The van der Waals surface area contributed by atoms with E-state index in [1.165, 1.54) is 11.1 Å². The topological polar surface area (TPSA) is 94.3 Å². The van der Waals surface area contributed by atoms with Gasteiger partial charge in [0.25, 0.3) is 0 Å². The number of aryl methyl sites for hydroxylation is 2. The first-order valence-electron chi connectivity index (χ1n) is 14.2. The summed E-state index contributed by atoms with van der Waals surface area (Å²) < 4.78 is 3.79. The van der Waals surface area contributed by atoms with Gasteiger partial charge in [0.1, 0.15) is 0 Å². The number of para-hydroxylation sites is 1. The van der Waals surface area contributed by atoms with E-state index < -0.39 is 0 Å². The average molecular weight is 536 g/mol. The van der Waals surface area contributed by atoms with Gasteiger partial charge in [-0.1, -0.05) is 89.1 Å². The first-order chi connectivity index (χ1) is 19.5. The zero-order valence-corrected chi connectivity index (χ0v) is 23.8. The predicted octanol–water partition coefficient (Wildman–Crippen LogP) is 6.35. The van der Waals surface area contributed by atoms with Crippen LogP contribution in [0, 0.1) is 0 Å². The van der Waals surface area contributed by atoms with Crippen LogP contribution in [0.5, 0.6) is 0 Å². The fourth-order valence-electron chi connectivity index (χ4n) is 5.30. The van der Waals surface area contributed by atoms with E-state index in [9.17, 15) is 4.79 Å². The van der Waals surface area contributed by atoms with Crippen LogP contribution in [0.4, 0.5) is 0 Å². The molecule has 206 valence electrons. The third-order valence-electron chi connectivity index (χ3n) is 7.35. The molecule has 40 heavy (non-hydrogen) atoms. The van der Waals surface area contributed by atoms with Gasteiger partial charge in [0.05, 0.1) is 17.9 Å². The third kappa shape index (κ3) is 5.52. The molecule has 0 amide bonds.